The van der Waals surface area contributed by atoms with Gasteiger partial charge in [-0.15, -0.1) is 0 Å². The van der Waals surface area contributed by atoms with Crippen molar-refractivity contribution in [1.29, 1.82) is 0 Å². The van der Waals surface area contributed by atoms with Gasteiger partial charge in [-0.2, -0.15) is 5.10 Å². The van der Waals surface area contributed by atoms with Gasteiger partial charge in [-0.25, -0.2) is 4.68 Å². The fraction of sp³-hybridized carbons (Fsp3) is 0.692. The third-order valence-electron chi connectivity index (χ3n) is 3.55. The second-order valence-electron chi connectivity index (χ2n) is 4.66. The number of aliphatic hydroxyl groups is 1. The number of nitrogens with zero attached hydrogens (tertiary/aromatic N) is 2. The quantitative estimate of drug-likeness (QED) is 0.747. The summed E-state index contributed by atoms with van der Waals surface area (Å²) in [7, 11) is 1.58. The minimum absolute atomic E-state index is 0.000794. The highest BCUT2D eigenvalue weighted by atomic mass is 79.9. The van der Waals surface area contributed by atoms with Gasteiger partial charge in [0.25, 0.3) is 5.56 Å². The number of aromatic nitrogens is 2. The van der Waals surface area contributed by atoms with E-state index in [2.05, 4.69) is 26.3 Å². The molecule has 1 rings (SSSR count). The van der Waals surface area contributed by atoms with Gasteiger partial charge in [0.05, 0.1) is 37.2 Å². The lowest BCUT2D eigenvalue weighted by Gasteiger charge is -2.32. The van der Waals surface area contributed by atoms with Gasteiger partial charge in [0.15, 0.2) is 0 Å². The van der Waals surface area contributed by atoms with Gasteiger partial charge < -0.3 is 15.2 Å². The number of aliphatic hydroxyl groups excluding tert-OH is 1. The average molecular weight is 348 g/mol. The van der Waals surface area contributed by atoms with E-state index in [1.807, 2.05) is 13.8 Å². The molecular weight excluding hydrogens is 326 g/mol. The molecule has 20 heavy (non-hydrogen) atoms. The zero-order valence-electron chi connectivity index (χ0n) is 12.1. The summed E-state index contributed by atoms with van der Waals surface area (Å²) in [5, 5.41) is 16.9. The van der Waals surface area contributed by atoms with Crippen LogP contribution in [0.1, 0.15) is 26.7 Å². The van der Waals surface area contributed by atoms with E-state index in [4.69, 9.17) is 4.74 Å². The molecule has 0 aliphatic heterocycles. The molecule has 6 nitrogen and oxygen atoms in total. The minimum atomic E-state index is -0.435. The van der Waals surface area contributed by atoms with Crippen LogP contribution in [0.2, 0.25) is 0 Å². The molecule has 0 atom stereocenters. The Bertz CT molecular complexity index is 478. The summed E-state index contributed by atoms with van der Waals surface area (Å²) >= 11 is 3.30. The maximum Gasteiger partial charge on any atom is 0.283 e. The van der Waals surface area contributed by atoms with Crippen molar-refractivity contribution < 1.29 is 9.84 Å². The van der Waals surface area contributed by atoms with E-state index in [1.54, 1.807) is 13.3 Å². The molecule has 0 aliphatic rings. The average Bonchev–Trinajstić information content (AvgIpc) is 2.48. The molecule has 0 spiro atoms. The molecule has 0 bridgehead atoms. The number of hydrogen-bond donors (Lipinski definition) is 2. The lowest BCUT2D eigenvalue weighted by atomic mass is 9.93. The van der Waals surface area contributed by atoms with E-state index in [0.717, 1.165) is 12.8 Å². The molecule has 0 saturated heterocycles. The van der Waals surface area contributed by atoms with Crippen LogP contribution < -0.4 is 10.9 Å². The summed E-state index contributed by atoms with van der Waals surface area (Å²) in [5.74, 6) is 0. The summed E-state index contributed by atoms with van der Waals surface area (Å²) in [6, 6.07) is 0. The molecule has 0 fully saturated rings. The first kappa shape index (κ1) is 17.1. The van der Waals surface area contributed by atoms with Crippen LogP contribution >= 0.6 is 15.9 Å². The van der Waals surface area contributed by atoms with Gasteiger partial charge in [-0.05, 0) is 28.8 Å². The van der Waals surface area contributed by atoms with Crippen molar-refractivity contribution in [3.8, 4) is 0 Å². The van der Waals surface area contributed by atoms with E-state index in [1.165, 1.54) is 4.68 Å². The smallest absolute Gasteiger partial charge is 0.283 e. The van der Waals surface area contributed by atoms with Crippen LogP contribution in [-0.2, 0) is 11.3 Å². The number of nitrogens with one attached hydrogen (secondary N) is 1. The lowest BCUT2D eigenvalue weighted by Crippen LogP contribution is -2.41. The van der Waals surface area contributed by atoms with Gasteiger partial charge in [0.2, 0.25) is 0 Å². The molecular formula is C13H22BrN3O3. The number of anilines is 1. The SMILES string of the molecule is CCC(CC)(CO)Nc1cnn(CCOC)c(=O)c1Br. The van der Waals surface area contributed by atoms with Crippen molar-refractivity contribution in [3.63, 3.8) is 0 Å². The van der Waals surface area contributed by atoms with Crippen molar-refractivity contribution in [2.45, 2.75) is 38.8 Å². The zero-order chi connectivity index (χ0) is 15.2. The minimum Gasteiger partial charge on any atom is -0.394 e. The van der Waals surface area contributed by atoms with Crippen LogP contribution in [0.4, 0.5) is 5.69 Å². The van der Waals surface area contributed by atoms with Crippen LogP contribution in [-0.4, -0.2) is 40.7 Å². The molecule has 7 heteroatoms. The molecule has 114 valence electrons. The molecule has 0 amide bonds. The third-order valence-corrected chi connectivity index (χ3v) is 4.31. The summed E-state index contributed by atoms with van der Waals surface area (Å²) in [4.78, 5) is 12.1. The van der Waals surface area contributed by atoms with E-state index >= 15 is 0 Å². The number of methoxy groups -OCH3 is 1. The number of rotatable bonds is 8. The second kappa shape index (κ2) is 7.75. The van der Waals surface area contributed by atoms with E-state index < -0.39 is 5.54 Å². The van der Waals surface area contributed by atoms with Crippen molar-refractivity contribution in [2.24, 2.45) is 0 Å². The highest BCUT2D eigenvalue weighted by Crippen LogP contribution is 2.25. The van der Waals surface area contributed by atoms with Crippen LogP contribution in [0.25, 0.3) is 0 Å². The van der Waals surface area contributed by atoms with Crippen molar-refractivity contribution in [2.75, 3.05) is 25.6 Å². The zero-order valence-corrected chi connectivity index (χ0v) is 13.7. The van der Waals surface area contributed by atoms with E-state index in [9.17, 15) is 9.90 Å². The Morgan fingerprint density at radius 1 is 1.50 bits per heavy atom. The lowest BCUT2D eigenvalue weighted by molar-refractivity contribution is 0.181. The molecule has 0 saturated carbocycles. The standard InChI is InChI=1S/C13H22BrN3O3/c1-4-13(5-2,9-18)16-10-8-15-17(6-7-20-3)12(19)11(10)14/h8,16,18H,4-7,9H2,1-3H3. The van der Waals surface area contributed by atoms with Crippen LogP contribution in [0, 0.1) is 0 Å². The molecule has 0 aliphatic carbocycles. The van der Waals surface area contributed by atoms with Gasteiger partial charge in [-0.1, -0.05) is 13.8 Å². The van der Waals surface area contributed by atoms with E-state index in [-0.39, 0.29) is 12.2 Å². The first-order valence-corrected chi connectivity index (χ1v) is 7.46. The Morgan fingerprint density at radius 3 is 2.65 bits per heavy atom. The van der Waals surface area contributed by atoms with Gasteiger partial charge >= 0.3 is 0 Å². The topological polar surface area (TPSA) is 76.4 Å². The molecule has 0 radical (unpaired) electrons. The Balaban J connectivity index is 3.03. The fourth-order valence-electron chi connectivity index (χ4n) is 1.86. The first-order chi connectivity index (χ1) is 9.53. The van der Waals surface area contributed by atoms with Gasteiger partial charge in [0, 0.05) is 7.11 Å². The molecule has 1 aromatic heterocycles. The Kier molecular flexibility index (Phi) is 6.64. The third kappa shape index (κ3) is 3.80. The first-order valence-electron chi connectivity index (χ1n) is 6.67. The monoisotopic (exact) mass is 347 g/mol. The summed E-state index contributed by atoms with van der Waals surface area (Å²) in [6.07, 6.45) is 3.09. The summed E-state index contributed by atoms with van der Waals surface area (Å²) in [6.45, 7) is 4.82. The maximum atomic E-state index is 12.1. The number of hydrogen-bond acceptors (Lipinski definition) is 5. The maximum absolute atomic E-state index is 12.1. The Hall–Kier alpha value is -0.920. The van der Waals surface area contributed by atoms with Crippen LogP contribution in [0.15, 0.2) is 15.5 Å². The van der Waals surface area contributed by atoms with Gasteiger partial charge in [0.1, 0.15) is 4.47 Å². The normalized spacial score (nSPS) is 11.7. The number of ether oxygens (including phenoxy) is 1. The largest absolute Gasteiger partial charge is 0.394 e. The van der Waals surface area contributed by atoms with Crippen molar-refractivity contribution in [1.82, 2.24) is 9.78 Å². The molecule has 1 heterocycles. The molecule has 0 unspecified atom stereocenters. The Morgan fingerprint density at radius 2 is 2.15 bits per heavy atom. The Labute approximate surface area is 127 Å². The highest BCUT2D eigenvalue weighted by molar-refractivity contribution is 9.10. The van der Waals surface area contributed by atoms with Gasteiger partial charge in [-0.3, -0.25) is 4.79 Å². The van der Waals surface area contributed by atoms with E-state index in [0.29, 0.717) is 23.3 Å². The summed E-state index contributed by atoms with van der Waals surface area (Å²) in [5.41, 5.74) is -0.0532. The summed E-state index contributed by atoms with van der Waals surface area (Å²) < 4.78 is 6.70. The van der Waals surface area contributed by atoms with Crippen LogP contribution in [0.3, 0.4) is 0 Å². The highest BCUT2D eigenvalue weighted by Gasteiger charge is 2.26. The van der Waals surface area contributed by atoms with Crippen molar-refractivity contribution >= 4 is 21.6 Å². The van der Waals surface area contributed by atoms with Crippen LogP contribution in [0.5, 0.6) is 0 Å². The molecule has 1 aromatic rings. The second-order valence-corrected chi connectivity index (χ2v) is 5.46. The molecule has 0 aromatic carbocycles. The predicted octanol–water partition coefficient (Wildman–Crippen LogP) is 1.62. The number of halogens is 1. The van der Waals surface area contributed by atoms with Crippen molar-refractivity contribution in [3.05, 3.63) is 21.0 Å². The fourth-order valence-corrected chi connectivity index (χ4v) is 2.27. The predicted molar refractivity (Wildman–Crippen MR) is 82.1 cm³/mol. The molecule has 2 N–H and O–H groups in total.